The first-order chi connectivity index (χ1) is 17.4. The second kappa shape index (κ2) is 13.3. The normalized spacial score (nSPS) is 15.1. The van der Waals surface area contributed by atoms with Crippen molar-refractivity contribution in [1.29, 1.82) is 0 Å². The van der Waals surface area contributed by atoms with Crippen molar-refractivity contribution in [3.05, 3.63) is 47.0 Å². The average Bonchev–Trinajstić information content (AvgIpc) is 2.77. The van der Waals surface area contributed by atoms with Crippen LogP contribution in [0.3, 0.4) is 0 Å². The van der Waals surface area contributed by atoms with E-state index in [1.807, 2.05) is 34.6 Å². The average molecular weight is 538 g/mol. The number of nitrogens with zero attached hydrogens (tertiary/aromatic N) is 1. The summed E-state index contributed by atoms with van der Waals surface area (Å²) in [5, 5.41) is 5.98. The summed E-state index contributed by atoms with van der Waals surface area (Å²) in [6.07, 6.45) is 1.67. The van der Waals surface area contributed by atoms with Crippen LogP contribution >= 0.6 is 0 Å². The SMILES string of the molecule is CCOC(=O)/C(C)=C/[C@@H](NC(=O)[C@@H](N(C)C(=O)[C@@H](NC)C(C)(C)c1cc(F)cc(F)c1)C(C)(C)C)C(C)C. The molecule has 0 bridgehead atoms. The van der Waals surface area contributed by atoms with E-state index < -0.39 is 52.5 Å². The number of hydrogen-bond acceptors (Lipinski definition) is 5. The number of carbonyl (C=O) groups excluding carboxylic acids is 3. The first kappa shape index (κ1) is 33.2. The Morgan fingerprint density at radius 1 is 1.05 bits per heavy atom. The van der Waals surface area contributed by atoms with Crippen LogP contribution in [0.15, 0.2) is 29.8 Å². The maximum absolute atomic E-state index is 14.0. The molecular weight excluding hydrogens is 492 g/mol. The lowest BCUT2D eigenvalue weighted by atomic mass is 9.76. The molecule has 214 valence electrons. The molecular formula is C29H45F2N3O4. The van der Waals surface area contributed by atoms with Gasteiger partial charge in [0.25, 0.3) is 0 Å². The van der Waals surface area contributed by atoms with E-state index in [9.17, 15) is 23.2 Å². The summed E-state index contributed by atoms with van der Waals surface area (Å²) < 4.78 is 33.1. The molecule has 0 saturated carbocycles. The number of hydrogen-bond donors (Lipinski definition) is 2. The Morgan fingerprint density at radius 2 is 1.58 bits per heavy atom. The van der Waals surface area contributed by atoms with E-state index in [0.717, 1.165) is 6.07 Å². The molecule has 0 aliphatic heterocycles. The lowest BCUT2D eigenvalue weighted by Gasteiger charge is -2.42. The van der Waals surface area contributed by atoms with E-state index in [1.165, 1.54) is 17.0 Å². The fraction of sp³-hybridized carbons (Fsp3) is 0.621. The van der Waals surface area contributed by atoms with Crippen LogP contribution in [-0.2, 0) is 24.5 Å². The Labute approximate surface area is 226 Å². The van der Waals surface area contributed by atoms with Crippen molar-refractivity contribution < 1.29 is 27.9 Å². The number of carbonyl (C=O) groups is 3. The fourth-order valence-electron chi connectivity index (χ4n) is 4.59. The molecule has 3 atom stereocenters. The van der Waals surface area contributed by atoms with Gasteiger partial charge in [0.05, 0.1) is 18.7 Å². The maximum Gasteiger partial charge on any atom is 0.333 e. The molecule has 9 heteroatoms. The van der Waals surface area contributed by atoms with E-state index in [1.54, 1.807) is 47.9 Å². The van der Waals surface area contributed by atoms with Gasteiger partial charge in [-0.05, 0) is 49.9 Å². The molecule has 1 aromatic carbocycles. The summed E-state index contributed by atoms with van der Waals surface area (Å²) in [6, 6.07) is 0.944. The smallest absolute Gasteiger partial charge is 0.333 e. The predicted octanol–water partition coefficient (Wildman–Crippen LogP) is 4.35. The summed E-state index contributed by atoms with van der Waals surface area (Å²) in [6.45, 7) is 16.4. The Kier molecular flexibility index (Phi) is 11.6. The fourth-order valence-corrected chi connectivity index (χ4v) is 4.59. The van der Waals surface area contributed by atoms with E-state index in [4.69, 9.17) is 4.74 Å². The van der Waals surface area contributed by atoms with Gasteiger partial charge in [-0.25, -0.2) is 13.6 Å². The highest BCUT2D eigenvalue weighted by atomic mass is 19.1. The predicted molar refractivity (Wildman–Crippen MR) is 145 cm³/mol. The summed E-state index contributed by atoms with van der Waals surface area (Å²) >= 11 is 0. The van der Waals surface area contributed by atoms with Gasteiger partial charge in [-0.15, -0.1) is 0 Å². The second-order valence-corrected chi connectivity index (χ2v) is 11.7. The van der Waals surface area contributed by atoms with Crippen molar-refractivity contribution in [2.24, 2.45) is 11.3 Å². The molecule has 2 N–H and O–H groups in total. The van der Waals surface area contributed by atoms with Crippen LogP contribution < -0.4 is 10.6 Å². The van der Waals surface area contributed by atoms with Crippen molar-refractivity contribution >= 4 is 17.8 Å². The van der Waals surface area contributed by atoms with Crippen LogP contribution in [0.4, 0.5) is 8.78 Å². The number of amides is 2. The van der Waals surface area contributed by atoms with Crippen LogP contribution in [0.25, 0.3) is 0 Å². The van der Waals surface area contributed by atoms with Gasteiger partial charge < -0.3 is 20.3 Å². The Bertz CT molecular complexity index is 1010. The van der Waals surface area contributed by atoms with Gasteiger partial charge in [-0.3, -0.25) is 9.59 Å². The number of likely N-dealkylation sites (N-methyl/N-ethyl adjacent to an activating group) is 2. The summed E-state index contributed by atoms with van der Waals surface area (Å²) in [5.74, 6) is -2.76. The molecule has 1 rings (SSSR count). The quantitative estimate of drug-likeness (QED) is 0.324. The third-order valence-corrected chi connectivity index (χ3v) is 6.72. The van der Waals surface area contributed by atoms with Gasteiger partial charge in [0.2, 0.25) is 11.8 Å². The minimum atomic E-state index is -1.01. The molecule has 0 aliphatic carbocycles. The van der Waals surface area contributed by atoms with Crippen LogP contribution in [-0.4, -0.2) is 61.5 Å². The molecule has 7 nitrogen and oxygen atoms in total. The van der Waals surface area contributed by atoms with Crippen LogP contribution in [0.1, 0.15) is 67.9 Å². The van der Waals surface area contributed by atoms with Gasteiger partial charge in [0, 0.05) is 24.1 Å². The van der Waals surface area contributed by atoms with Crippen LogP contribution in [0, 0.1) is 23.0 Å². The van der Waals surface area contributed by atoms with Crippen molar-refractivity contribution in [1.82, 2.24) is 15.5 Å². The third kappa shape index (κ3) is 8.35. The Balaban J connectivity index is 3.37. The minimum Gasteiger partial charge on any atom is -0.463 e. The summed E-state index contributed by atoms with van der Waals surface area (Å²) in [5.41, 5.74) is -0.986. The van der Waals surface area contributed by atoms with Crippen molar-refractivity contribution in [2.45, 2.75) is 85.9 Å². The number of esters is 1. The zero-order chi connectivity index (χ0) is 29.6. The molecule has 0 aromatic heterocycles. The Morgan fingerprint density at radius 3 is 2.00 bits per heavy atom. The lowest BCUT2D eigenvalue weighted by Crippen LogP contribution is -2.61. The molecule has 2 amide bonds. The van der Waals surface area contributed by atoms with E-state index >= 15 is 0 Å². The minimum absolute atomic E-state index is 0.0446. The number of halogens is 2. The van der Waals surface area contributed by atoms with Crippen LogP contribution in [0.5, 0.6) is 0 Å². The molecule has 38 heavy (non-hydrogen) atoms. The topological polar surface area (TPSA) is 87.7 Å². The molecule has 0 unspecified atom stereocenters. The Hall–Kier alpha value is -2.81. The molecule has 0 radical (unpaired) electrons. The molecule has 0 heterocycles. The standard InChI is InChI=1S/C29H45F2N3O4/c1-12-38-27(37)18(4)13-22(17(2)3)33-25(35)24(28(5,6)7)34(11)26(36)23(32-10)29(8,9)19-14-20(30)16-21(31)15-19/h13-17,22-24,32H,12H2,1-11H3,(H,33,35)/b18-13+/t22-,23-,24-/m1/s1. The number of rotatable bonds is 11. The van der Waals surface area contributed by atoms with E-state index in [-0.39, 0.29) is 18.4 Å². The zero-order valence-electron chi connectivity index (χ0n) is 24.7. The molecule has 0 spiro atoms. The summed E-state index contributed by atoms with van der Waals surface area (Å²) in [7, 11) is 3.15. The first-order valence-electron chi connectivity index (χ1n) is 12.9. The number of benzene rings is 1. The molecule has 1 aromatic rings. The largest absolute Gasteiger partial charge is 0.463 e. The monoisotopic (exact) mass is 537 g/mol. The highest BCUT2D eigenvalue weighted by molar-refractivity contribution is 5.92. The van der Waals surface area contributed by atoms with Crippen LogP contribution in [0.2, 0.25) is 0 Å². The second-order valence-electron chi connectivity index (χ2n) is 11.7. The molecule has 0 fully saturated rings. The van der Waals surface area contributed by atoms with Gasteiger partial charge in [-0.1, -0.05) is 54.5 Å². The van der Waals surface area contributed by atoms with Gasteiger partial charge >= 0.3 is 5.97 Å². The van der Waals surface area contributed by atoms with Gasteiger partial charge in [0.15, 0.2) is 0 Å². The highest BCUT2D eigenvalue weighted by Gasteiger charge is 2.44. The first-order valence-corrected chi connectivity index (χ1v) is 12.9. The molecule has 0 aliphatic rings. The lowest BCUT2D eigenvalue weighted by molar-refractivity contribution is -0.145. The van der Waals surface area contributed by atoms with E-state index in [2.05, 4.69) is 10.6 Å². The number of nitrogens with one attached hydrogen (secondary N) is 2. The zero-order valence-corrected chi connectivity index (χ0v) is 24.7. The highest BCUT2D eigenvalue weighted by Crippen LogP contribution is 2.32. The number of ether oxygens (including phenoxy) is 1. The molecule has 0 saturated heterocycles. The van der Waals surface area contributed by atoms with Crippen molar-refractivity contribution in [3.8, 4) is 0 Å². The summed E-state index contributed by atoms with van der Waals surface area (Å²) in [4.78, 5) is 41.0. The maximum atomic E-state index is 14.0. The van der Waals surface area contributed by atoms with Crippen molar-refractivity contribution in [2.75, 3.05) is 20.7 Å². The van der Waals surface area contributed by atoms with Gasteiger partial charge in [0.1, 0.15) is 17.7 Å². The van der Waals surface area contributed by atoms with Gasteiger partial charge in [-0.2, -0.15) is 0 Å². The third-order valence-electron chi connectivity index (χ3n) is 6.72. The van der Waals surface area contributed by atoms with E-state index in [0.29, 0.717) is 11.1 Å². The van der Waals surface area contributed by atoms with Crippen molar-refractivity contribution in [3.63, 3.8) is 0 Å².